The first-order valence-electron chi connectivity index (χ1n) is 6.86. The lowest BCUT2D eigenvalue weighted by atomic mass is 10.3. The zero-order valence-corrected chi connectivity index (χ0v) is 13.3. The van der Waals surface area contributed by atoms with Gasteiger partial charge in [-0.05, 0) is 13.0 Å². The summed E-state index contributed by atoms with van der Waals surface area (Å²) in [4.78, 5) is 35.7. The molecule has 3 rings (SSSR count). The topological polar surface area (TPSA) is 123 Å². The second-order valence-corrected chi connectivity index (χ2v) is 5.58. The summed E-state index contributed by atoms with van der Waals surface area (Å²) in [6, 6.07) is 3.23. The smallest absolute Gasteiger partial charge is 0.295 e. The van der Waals surface area contributed by atoms with Crippen molar-refractivity contribution in [2.45, 2.75) is 13.3 Å². The van der Waals surface area contributed by atoms with E-state index >= 15 is 0 Å². The van der Waals surface area contributed by atoms with Gasteiger partial charge in [-0.1, -0.05) is 5.16 Å². The van der Waals surface area contributed by atoms with Gasteiger partial charge in [-0.3, -0.25) is 14.9 Å². The molecule has 24 heavy (non-hydrogen) atoms. The van der Waals surface area contributed by atoms with Crippen LogP contribution in [0.5, 0.6) is 0 Å². The van der Waals surface area contributed by atoms with Crippen molar-refractivity contribution in [2.24, 2.45) is 0 Å². The third kappa shape index (κ3) is 3.98. The fourth-order valence-corrected chi connectivity index (χ4v) is 2.50. The summed E-state index contributed by atoms with van der Waals surface area (Å²) in [5.41, 5.74) is 0.530. The summed E-state index contributed by atoms with van der Waals surface area (Å²) < 4.78 is 4.87. The third-order valence-corrected chi connectivity index (χ3v) is 3.58. The van der Waals surface area contributed by atoms with Gasteiger partial charge in [0.05, 0.1) is 12.1 Å². The molecular formula is C14H12N6O3S. The van der Waals surface area contributed by atoms with Gasteiger partial charge in [0.1, 0.15) is 5.76 Å². The predicted molar refractivity (Wildman–Crippen MR) is 85.7 cm³/mol. The standard InChI is InChI=1S/C14H12N6O3S/c1-8-5-10(20-23-8)18-11(21)6-9-7-24-14(17-9)19-13(22)12-15-3-2-4-16-12/h2-5,7H,6H2,1H3,(H,17,19,22)(H,18,20,21). The molecular weight excluding hydrogens is 332 g/mol. The van der Waals surface area contributed by atoms with E-state index in [0.29, 0.717) is 22.4 Å². The first-order valence-corrected chi connectivity index (χ1v) is 7.74. The van der Waals surface area contributed by atoms with Crippen molar-refractivity contribution in [3.8, 4) is 0 Å². The Morgan fingerprint density at radius 2 is 2.04 bits per heavy atom. The summed E-state index contributed by atoms with van der Waals surface area (Å²) in [5, 5.41) is 10.9. The van der Waals surface area contributed by atoms with Crippen LogP contribution in [-0.2, 0) is 11.2 Å². The molecule has 3 heterocycles. The highest BCUT2D eigenvalue weighted by molar-refractivity contribution is 7.14. The Balaban J connectivity index is 1.57. The van der Waals surface area contributed by atoms with Gasteiger partial charge in [-0.15, -0.1) is 11.3 Å². The van der Waals surface area contributed by atoms with Gasteiger partial charge in [0.25, 0.3) is 5.91 Å². The summed E-state index contributed by atoms with van der Waals surface area (Å²) in [5.74, 6) is 0.264. The van der Waals surface area contributed by atoms with Crippen molar-refractivity contribution in [3.63, 3.8) is 0 Å². The lowest BCUT2D eigenvalue weighted by Crippen LogP contribution is -2.16. The van der Waals surface area contributed by atoms with Gasteiger partial charge in [-0.2, -0.15) is 0 Å². The quantitative estimate of drug-likeness (QED) is 0.721. The van der Waals surface area contributed by atoms with Crippen molar-refractivity contribution >= 4 is 34.1 Å². The minimum Gasteiger partial charge on any atom is -0.360 e. The fourth-order valence-electron chi connectivity index (χ4n) is 1.79. The molecule has 2 amide bonds. The lowest BCUT2D eigenvalue weighted by molar-refractivity contribution is -0.115. The van der Waals surface area contributed by atoms with Crippen molar-refractivity contribution in [3.05, 3.63) is 47.2 Å². The second kappa shape index (κ2) is 6.96. The maximum atomic E-state index is 11.9. The van der Waals surface area contributed by atoms with Crippen LogP contribution in [0.4, 0.5) is 10.9 Å². The van der Waals surface area contributed by atoms with Gasteiger partial charge in [0.2, 0.25) is 11.7 Å². The van der Waals surface area contributed by atoms with Crippen LogP contribution in [0.25, 0.3) is 0 Å². The number of hydrogen-bond donors (Lipinski definition) is 2. The van der Waals surface area contributed by atoms with E-state index in [1.807, 2.05) is 0 Å². The highest BCUT2D eigenvalue weighted by Gasteiger charge is 2.13. The SMILES string of the molecule is Cc1cc(NC(=O)Cc2csc(NC(=O)c3ncccn3)n2)no1. The normalized spacial score (nSPS) is 10.4. The molecule has 0 spiro atoms. The van der Waals surface area contributed by atoms with Crippen molar-refractivity contribution < 1.29 is 14.1 Å². The Kier molecular flexibility index (Phi) is 4.57. The molecule has 0 fully saturated rings. The van der Waals surface area contributed by atoms with Crippen molar-refractivity contribution in [1.29, 1.82) is 0 Å². The van der Waals surface area contributed by atoms with E-state index in [2.05, 4.69) is 30.7 Å². The number of aromatic nitrogens is 4. The van der Waals surface area contributed by atoms with Crippen LogP contribution < -0.4 is 10.6 Å². The summed E-state index contributed by atoms with van der Waals surface area (Å²) >= 11 is 1.21. The van der Waals surface area contributed by atoms with Gasteiger partial charge >= 0.3 is 0 Å². The van der Waals surface area contributed by atoms with Gasteiger partial charge in [0, 0.05) is 23.8 Å². The number of anilines is 2. The number of hydrogen-bond acceptors (Lipinski definition) is 8. The summed E-state index contributed by atoms with van der Waals surface area (Å²) in [6.07, 6.45) is 3.01. The van der Waals surface area contributed by atoms with Crippen LogP contribution in [-0.4, -0.2) is 31.9 Å². The van der Waals surface area contributed by atoms with E-state index in [1.54, 1.807) is 24.4 Å². The third-order valence-electron chi connectivity index (χ3n) is 2.78. The van der Waals surface area contributed by atoms with Crippen LogP contribution in [0.2, 0.25) is 0 Å². The van der Waals surface area contributed by atoms with Crippen LogP contribution in [0.3, 0.4) is 0 Å². The van der Waals surface area contributed by atoms with Gasteiger partial charge < -0.3 is 9.84 Å². The molecule has 0 saturated heterocycles. The first-order chi connectivity index (χ1) is 11.6. The highest BCUT2D eigenvalue weighted by Crippen LogP contribution is 2.17. The molecule has 0 aliphatic heterocycles. The average Bonchev–Trinajstić information content (AvgIpc) is 3.17. The molecule has 3 aromatic heterocycles. The first kappa shape index (κ1) is 15.7. The number of thiazole rings is 1. The van der Waals surface area contributed by atoms with E-state index in [4.69, 9.17) is 4.52 Å². The number of aryl methyl sites for hydroxylation is 1. The van der Waals surface area contributed by atoms with Crippen LogP contribution in [0.1, 0.15) is 22.1 Å². The number of rotatable bonds is 5. The minimum atomic E-state index is -0.459. The molecule has 0 atom stereocenters. The molecule has 3 aromatic rings. The van der Waals surface area contributed by atoms with E-state index in [0.717, 1.165) is 0 Å². The molecule has 9 nitrogen and oxygen atoms in total. The summed E-state index contributed by atoms with van der Waals surface area (Å²) in [7, 11) is 0. The highest BCUT2D eigenvalue weighted by atomic mass is 32.1. The molecule has 0 unspecified atom stereocenters. The minimum absolute atomic E-state index is 0.0494. The van der Waals surface area contributed by atoms with Crippen LogP contribution >= 0.6 is 11.3 Å². The van der Waals surface area contributed by atoms with Crippen LogP contribution in [0, 0.1) is 6.92 Å². The maximum absolute atomic E-state index is 11.9. The Morgan fingerprint density at radius 3 is 2.75 bits per heavy atom. The fraction of sp³-hybridized carbons (Fsp3) is 0.143. The number of carbonyl (C=O) groups excluding carboxylic acids is 2. The molecule has 10 heteroatoms. The zero-order valence-electron chi connectivity index (χ0n) is 12.5. The monoisotopic (exact) mass is 344 g/mol. The number of nitrogens with zero attached hydrogens (tertiary/aromatic N) is 4. The molecule has 0 radical (unpaired) electrons. The Hall–Kier alpha value is -3.14. The maximum Gasteiger partial charge on any atom is 0.295 e. The van der Waals surface area contributed by atoms with E-state index in [1.165, 1.54) is 23.7 Å². The van der Waals surface area contributed by atoms with Gasteiger partial charge in [0.15, 0.2) is 10.9 Å². The molecule has 0 bridgehead atoms. The molecule has 2 N–H and O–H groups in total. The number of carbonyl (C=O) groups is 2. The lowest BCUT2D eigenvalue weighted by Gasteiger charge is -1.99. The second-order valence-electron chi connectivity index (χ2n) is 4.72. The number of nitrogens with one attached hydrogen (secondary N) is 2. The Morgan fingerprint density at radius 1 is 1.25 bits per heavy atom. The van der Waals surface area contributed by atoms with E-state index < -0.39 is 5.91 Å². The van der Waals surface area contributed by atoms with Crippen molar-refractivity contribution in [1.82, 2.24) is 20.1 Å². The van der Waals surface area contributed by atoms with Gasteiger partial charge in [-0.25, -0.2) is 15.0 Å². The van der Waals surface area contributed by atoms with Crippen LogP contribution in [0.15, 0.2) is 34.4 Å². The average molecular weight is 344 g/mol. The molecule has 0 saturated carbocycles. The molecule has 0 aliphatic rings. The largest absolute Gasteiger partial charge is 0.360 e. The van der Waals surface area contributed by atoms with E-state index in [-0.39, 0.29) is 18.2 Å². The number of amides is 2. The molecule has 0 aromatic carbocycles. The van der Waals surface area contributed by atoms with E-state index in [9.17, 15) is 9.59 Å². The Labute approximate surface area is 140 Å². The Bertz CT molecular complexity index is 860. The summed E-state index contributed by atoms with van der Waals surface area (Å²) in [6.45, 7) is 1.73. The molecule has 0 aliphatic carbocycles. The van der Waals surface area contributed by atoms with Crippen molar-refractivity contribution in [2.75, 3.05) is 10.6 Å². The zero-order chi connectivity index (χ0) is 16.9. The molecule has 122 valence electrons. The predicted octanol–water partition coefficient (Wildman–Crippen LogP) is 1.66.